The lowest BCUT2D eigenvalue weighted by molar-refractivity contribution is 0.200. The fourth-order valence-electron chi connectivity index (χ4n) is 7.01. The summed E-state index contributed by atoms with van der Waals surface area (Å²) in [4.78, 5) is 19.5. The molecule has 0 radical (unpaired) electrons. The first-order valence-electron chi connectivity index (χ1n) is 14.7. The van der Waals surface area contributed by atoms with E-state index in [4.69, 9.17) is 4.99 Å². The van der Waals surface area contributed by atoms with Crippen LogP contribution in [-0.4, -0.2) is 105 Å². The highest BCUT2D eigenvalue weighted by molar-refractivity contribution is 5.80. The molecular weight excluding hydrogens is 456 g/mol. The molecule has 37 heavy (non-hydrogen) atoms. The zero-order valence-corrected chi connectivity index (χ0v) is 23.4. The molecule has 1 aliphatic carbocycles. The number of likely N-dealkylation sites (N-methyl/N-ethyl adjacent to an activating group) is 1. The molecule has 0 bridgehead atoms. The number of aliphatic imine (C=N–C) groups is 2. The second-order valence-corrected chi connectivity index (χ2v) is 12.1. The number of fused-ring (bicyclic) bond motifs is 1. The van der Waals surface area contributed by atoms with Gasteiger partial charge in [-0.05, 0) is 115 Å². The molecule has 3 heterocycles. The molecule has 4 atom stereocenters. The van der Waals surface area contributed by atoms with E-state index in [1.807, 2.05) is 0 Å². The van der Waals surface area contributed by atoms with Gasteiger partial charge in [0.15, 0.2) is 0 Å². The minimum atomic E-state index is 0.250. The smallest absolute Gasteiger partial charge is 0.134 e. The SMILES string of the molecule is CN(CCCN(C)CC1CCC(N2C=C(C3CCN(C)CC3)C3C=NC=NC32)C1)CCc1ccccc1. The molecule has 6 heteroatoms. The first kappa shape index (κ1) is 26.6. The minimum absolute atomic E-state index is 0.250. The van der Waals surface area contributed by atoms with Crippen molar-refractivity contribution >= 4 is 12.6 Å². The zero-order chi connectivity index (χ0) is 25.6. The van der Waals surface area contributed by atoms with E-state index in [0.717, 1.165) is 18.9 Å². The summed E-state index contributed by atoms with van der Waals surface area (Å²) in [5.41, 5.74) is 3.04. The van der Waals surface area contributed by atoms with E-state index in [1.165, 1.54) is 76.8 Å². The van der Waals surface area contributed by atoms with E-state index in [1.54, 1.807) is 11.9 Å². The van der Waals surface area contributed by atoms with Crippen LogP contribution in [0.25, 0.3) is 0 Å². The molecular formula is C31H48N6. The molecule has 0 aromatic heterocycles. The molecule has 6 nitrogen and oxygen atoms in total. The van der Waals surface area contributed by atoms with Gasteiger partial charge in [-0.15, -0.1) is 0 Å². The third-order valence-corrected chi connectivity index (χ3v) is 9.24. The molecule has 4 unspecified atom stereocenters. The first-order chi connectivity index (χ1) is 18.1. The number of hydrogen-bond acceptors (Lipinski definition) is 6. The molecule has 202 valence electrons. The summed E-state index contributed by atoms with van der Waals surface area (Å²) in [7, 11) is 6.84. The molecule has 1 aromatic carbocycles. The maximum absolute atomic E-state index is 4.88. The number of nitrogens with zero attached hydrogens (tertiary/aromatic N) is 6. The Hall–Kier alpha value is -2.02. The standard InChI is InChI=1S/C31H48N6/c1-34(17-12-25-8-5-4-6-9-25)15-7-16-36(3)22-26-10-11-28(20-26)37-23-30(27-13-18-35(2)19-14-27)29-21-32-24-33-31(29)37/h4-6,8-9,21,23-24,26-29,31H,7,10-20,22H2,1-3H3. The summed E-state index contributed by atoms with van der Waals surface area (Å²) in [6, 6.07) is 11.5. The Bertz CT molecular complexity index is 934. The molecule has 5 rings (SSSR count). The van der Waals surface area contributed by atoms with Crippen LogP contribution in [0.3, 0.4) is 0 Å². The van der Waals surface area contributed by atoms with Gasteiger partial charge in [0.1, 0.15) is 12.5 Å². The summed E-state index contributed by atoms with van der Waals surface area (Å²) in [5.74, 6) is 1.88. The highest BCUT2D eigenvalue weighted by atomic mass is 15.3. The Balaban J connectivity index is 1.06. The Morgan fingerprint density at radius 1 is 0.946 bits per heavy atom. The summed E-state index contributed by atoms with van der Waals surface area (Å²) in [6.07, 6.45) is 15.6. The van der Waals surface area contributed by atoms with Crippen LogP contribution in [-0.2, 0) is 6.42 Å². The second-order valence-electron chi connectivity index (χ2n) is 12.1. The van der Waals surface area contributed by atoms with Crippen molar-refractivity contribution in [3.63, 3.8) is 0 Å². The van der Waals surface area contributed by atoms with Crippen LogP contribution >= 0.6 is 0 Å². The van der Waals surface area contributed by atoms with Crippen LogP contribution in [0.15, 0.2) is 52.1 Å². The van der Waals surface area contributed by atoms with E-state index in [9.17, 15) is 0 Å². The van der Waals surface area contributed by atoms with Crippen molar-refractivity contribution in [1.82, 2.24) is 19.6 Å². The van der Waals surface area contributed by atoms with Crippen LogP contribution in [0.2, 0.25) is 0 Å². The van der Waals surface area contributed by atoms with Gasteiger partial charge >= 0.3 is 0 Å². The topological polar surface area (TPSA) is 37.7 Å². The molecule has 1 saturated carbocycles. The third-order valence-electron chi connectivity index (χ3n) is 9.24. The molecule has 1 aromatic rings. The van der Waals surface area contributed by atoms with Crippen molar-refractivity contribution in [3.05, 3.63) is 47.7 Å². The van der Waals surface area contributed by atoms with Gasteiger partial charge in [0.25, 0.3) is 0 Å². The average molecular weight is 505 g/mol. The fraction of sp³-hybridized carbons (Fsp3) is 0.677. The summed E-state index contributed by atoms with van der Waals surface area (Å²) < 4.78 is 0. The fourth-order valence-corrected chi connectivity index (χ4v) is 7.01. The van der Waals surface area contributed by atoms with Crippen molar-refractivity contribution in [1.29, 1.82) is 0 Å². The molecule has 0 amide bonds. The monoisotopic (exact) mass is 504 g/mol. The molecule has 0 N–H and O–H groups in total. The lowest BCUT2D eigenvalue weighted by Gasteiger charge is -2.33. The van der Waals surface area contributed by atoms with Gasteiger partial charge in [-0.2, -0.15) is 0 Å². The van der Waals surface area contributed by atoms with Crippen molar-refractivity contribution in [2.75, 3.05) is 60.4 Å². The number of rotatable bonds is 11. The summed E-state index contributed by atoms with van der Waals surface area (Å²) >= 11 is 0. The number of hydrogen-bond donors (Lipinski definition) is 0. The molecule has 1 saturated heterocycles. The number of piperidine rings is 1. The van der Waals surface area contributed by atoms with E-state index in [-0.39, 0.29) is 6.17 Å². The van der Waals surface area contributed by atoms with Crippen molar-refractivity contribution in [2.45, 2.75) is 57.2 Å². The van der Waals surface area contributed by atoms with E-state index in [2.05, 4.69) is 88.5 Å². The van der Waals surface area contributed by atoms with Gasteiger partial charge in [-0.3, -0.25) is 0 Å². The number of likely N-dealkylation sites (tertiary alicyclic amines) is 1. The summed E-state index contributed by atoms with van der Waals surface area (Å²) in [5, 5.41) is 0. The number of benzene rings is 1. The summed E-state index contributed by atoms with van der Waals surface area (Å²) in [6.45, 7) is 7.14. The minimum Gasteiger partial charge on any atom is -0.352 e. The lowest BCUT2D eigenvalue weighted by Crippen LogP contribution is -2.40. The Morgan fingerprint density at radius 3 is 2.54 bits per heavy atom. The highest BCUT2D eigenvalue weighted by Crippen LogP contribution is 2.42. The maximum Gasteiger partial charge on any atom is 0.134 e. The Labute approximate surface area is 225 Å². The van der Waals surface area contributed by atoms with Crippen LogP contribution < -0.4 is 0 Å². The quantitative estimate of drug-likeness (QED) is 0.452. The zero-order valence-electron chi connectivity index (χ0n) is 23.4. The van der Waals surface area contributed by atoms with Crippen LogP contribution in [0.5, 0.6) is 0 Å². The average Bonchev–Trinajstić information content (AvgIpc) is 3.53. The van der Waals surface area contributed by atoms with Crippen molar-refractivity contribution < 1.29 is 0 Å². The molecule has 4 aliphatic rings. The molecule has 2 fully saturated rings. The van der Waals surface area contributed by atoms with Gasteiger partial charge in [0.05, 0.1) is 5.92 Å². The third kappa shape index (κ3) is 6.90. The Kier molecular flexibility index (Phi) is 9.11. The maximum atomic E-state index is 4.88. The van der Waals surface area contributed by atoms with Crippen molar-refractivity contribution in [2.24, 2.45) is 27.7 Å². The van der Waals surface area contributed by atoms with Gasteiger partial charge in [0.2, 0.25) is 0 Å². The molecule has 3 aliphatic heterocycles. The van der Waals surface area contributed by atoms with E-state index < -0.39 is 0 Å². The van der Waals surface area contributed by atoms with E-state index >= 15 is 0 Å². The van der Waals surface area contributed by atoms with Gasteiger partial charge in [-0.25, -0.2) is 9.98 Å². The van der Waals surface area contributed by atoms with Gasteiger partial charge < -0.3 is 19.6 Å². The van der Waals surface area contributed by atoms with E-state index in [0.29, 0.717) is 17.9 Å². The van der Waals surface area contributed by atoms with Crippen LogP contribution in [0.1, 0.15) is 44.1 Å². The molecule has 0 spiro atoms. The highest BCUT2D eigenvalue weighted by Gasteiger charge is 2.43. The lowest BCUT2D eigenvalue weighted by atomic mass is 9.83. The van der Waals surface area contributed by atoms with Crippen LogP contribution in [0.4, 0.5) is 0 Å². The predicted molar refractivity (Wildman–Crippen MR) is 155 cm³/mol. The van der Waals surface area contributed by atoms with Crippen LogP contribution in [0, 0.1) is 17.8 Å². The predicted octanol–water partition coefficient (Wildman–Crippen LogP) is 4.25. The van der Waals surface area contributed by atoms with Crippen molar-refractivity contribution in [3.8, 4) is 0 Å². The second kappa shape index (κ2) is 12.7. The largest absolute Gasteiger partial charge is 0.352 e. The Morgan fingerprint density at radius 2 is 1.73 bits per heavy atom. The normalized spacial score (nSPS) is 28.5. The first-order valence-corrected chi connectivity index (χ1v) is 14.7. The van der Waals surface area contributed by atoms with Gasteiger partial charge in [0, 0.05) is 31.5 Å². The van der Waals surface area contributed by atoms with Gasteiger partial charge in [-0.1, -0.05) is 30.3 Å².